The van der Waals surface area contributed by atoms with Crippen LogP contribution in [0.4, 0.5) is 11.4 Å². The van der Waals surface area contributed by atoms with Crippen molar-refractivity contribution in [3.8, 4) is 6.07 Å². The van der Waals surface area contributed by atoms with Crippen molar-refractivity contribution in [3.63, 3.8) is 0 Å². The first kappa shape index (κ1) is 15.4. The van der Waals surface area contributed by atoms with Crippen LogP contribution in [0, 0.1) is 21.4 Å². The van der Waals surface area contributed by atoms with E-state index >= 15 is 0 Å². The van der Waals surface area contributed by atoms with Crippen molar-refractivity contribution in [1.29, 1.82) is 5.26 Å². The molecule has 0 bridgehead atoms. The molecule has 0 aromatic heterocycles. The number of rotatable bonds is 6. The van der Waals surface area contributed by atoms with E-state index in [1.54, 1.807) is 4.90 Å². The third-order valence-corrected chi connectivity index (χ3v) is 2.80. The fraction of sp³-hybridized carbons (Fsp3) is 0.385. The zero-order valence-electron chi connectivity index (χ0n) is 11.2. The summed E-state index contributed by atoms with van der Waals surface area (Å²) < 4.78 is 0. The van der Waals surface area contributed by atoms with E-state index in [2.05, 4.69) is 0 Å². The van der Waals surface area contributed by atoms with Crippen molar-refractivity contribution < 1.29 is 14.8 Å². The number of nitro groups is 1. The minimum Gasteiger partial charge on any atom is -0.481 e. The van der Waals surface area contributed by atoms with Crippen LogP contribution in [0.2, 0.25) is 0 Å². The molecule has 0 saturated carbocycles. The molecule has 20 heavy (non-hydrogen) atoms. The Morgan fingerprint density at radius 3 is 2.65 bits per heavy atom. The highest BCUT2D eigenvalue weighted by Gasteiger charge is 2.22. The number of aliphatic carboxylic acids is 1. The summed E-state index contributed by atoms with van der Waals surface area (Å²) in [6.45, 7) is 3.76. The molecule has 0 amide bonds. The third-order valence-electron chi connectivity index (χ3n) is 2.80. The largest absolute Gasteiger partial charge is 0.481 e. The lowest BCUT2D eigenvalue weighted by atomic mass is 10.1. The molecule has 0 aliphatic carbocycles. The molecule has 7 nitrogen and oxygen atoms in total. The van der Waals surface area contributed by atoms with E-state index in [0.29, 0.717) is 5.56 Å². The lowest BCUT2D eigenvalue weighted by Crippen LogP contribution is -2.33. The van der Waals surface area contributed by atoms with Gasteiger partial charge in [-0.2, -0.15) is 5.26 Å². The zero-order valence-corrected chi connectivity index (χ0v) is 11.2. The summed E-state index contributed by atoms with van der Waals surface area (Å²) in [6, 6.07) is 5.86. The molecule has 1 aromatic carbocycles. The molecule has 1 rings (SSSR count). The molecule has 1 N–H and O–H groups in total. The molecule has 0 unspecified atom stereocenters. The zero-order chi connectivity index (χ0) is 15.3. The van der Waals surface area contributed by atoms with Crippen LogP contribution >= 0.6 is 0 Å². The van der Waals surface area contributed by atoms with E-state index in [1.165, 1.54) is 18.2 Å². The fourth-order valence-electron chi connectivity index (χ4n) is 1.85. The van der Waals surface area contributed by atoms with Crippen LogP contribution in [-0.2, 0) is 4.79 Å². The van der Waals surface area contributed by atoms with Crippen LogP contribution in [0.5, 0.6) is 0 Å². The number of nitrogens with zero attached hydrogens (tertiary/aromatic N) is 3. The van der Waals surface area contributed by atoms with Gasteiger partial charge >= 0.3 is 5.97 Å². The van der Waals surface area contributed by atoms with Crippen LogP contribution in [0.1, 0.15) is 25.8 Å². The number of carboxylic acid groups (broad SMARTS) is 1. The van der Waals surface area contributed by atoms with Crippen molar-refractivity contribution in [3.05, 3.63) is 33.9 Å². The molecule has 7 heteroatoms. The van der Waals surface area contributed by atoms with Crippen LogP contribution < -0.4 is 4.90 Å². The second kappa shape index (κ2) is 6.52. The molecule has 0 aliphatic heterocycles. The van der Waals surface area contributed by atoms with E-state index in [1.807, 2.05) is 19.9 Å². The summed E-state index contributed by atoms with van der Waals surface area (Å²) in [5.41, 5.74) is 0.431. The molecular weight excluding hydrogens is 262 g/mol. The van der Waals surface area contributed by atoms with Gasteiger partial charge in [0.05, 0.1) is 23.0 Å². The van der Waals surface area contributed by atoms with Gasteiger partial charge < -0.3 is 10.0 Å². The van der Waals surface area contributed by atoms with Gasteiger partial charge in [-0.3, -0.25) is 14.9 Å². The Hall–Kier alpha value is -2.62. The van der Waals surface area contributed by atoms with E-state index in [4.69, 9.17) is 10.4 Å². The minimum absolute atomic E-state index is 0.123. The summed E-state index contributed by atoms with van der Waals surface area (Å²) >= 11 is 0. The van der Waals surface area contributed by atoms with E-state index in [0.717, 1.165) is 0 Å². The highest BCUT2D eigenvalue weighted by molar-refractivity contribution is 5.70. The monoisotopic (exact) mass is 277 g/mol. The van der Waals surface area contributed by atoms with Gasteiger partial charge in [-0.15, -0.1) is 0 Å². The van der Waals surface area contributed by atoms with E-state index < -0.39 is 10.9 Å². The molecule has 0 radical (unpaired) electrons. The van der Waals surface area contributed by atoms with Crippen molar-refractivity contribution in [2.24, 2.45) is 0 Å². The van der Waals surface area contributed by atoms with Crippen LogP contribution in [0.25, 0.3) is 0 Å². The average Bonchev–Trinajstić information content (AvgIpc) is 2.37. The topological polar surface area (TPSA) is 107 Å². The van der Waals surface area contributed by atoms with Gasteiger partial charge in [0.25, 0.3) is 5.69 Å². The number of hydrogen-bond donors (Lipinski definition) is 1. The minimum atomic E-state index is -0.977. The average molecular weight is 277 g/mol. The Kier molecular flexibility index (Phi) is 5.03. The Labute approximate surface area is 116 Å². The molecule has 1 aromatic rings. The van der Waals surface area contributed by atoms with Gasteiger partial charge in [-0.05, 0) is 26.0 Å². The van der Waals surface area contributed by atoms with Gasteiger partial charge in [-0.1, -0.05) is 0 Å². The molecular formula is C13H15N3O4. The first-order chi connectivity index (χ1) is 9.36. The Morgan fingerprint density at radius 2 is 2.20 bits per heavy atom. The number of carboxylic acids is 1. The Morgan fingerprint density at radius 1 is 1.55 bits per heavy atom. The highest BCUT2D eigenvalue weighted by Crippen LogP contribution is 2.30. The molecule has 106 valence electrons. The molecule has 0 heterocycles. The summed E-state index contributed by atoms with van der Waals surface area (Å²) in [6.07, 6.45) is -0.133. The Bertz CT molecular complexity index is 563. The van der Waals surface area contributed by atoms with Gasteiger partial charge in [0.2, 0.25) is 0 Å². The number of anilines is 1. The predicted molar refractivity (Wildman–Crippen MR) is 72.5 cm³/mol. The predicted octanol–water partition coefficient (Wildman–Crippen LogP) is 2.16. The number of benzene rings is 1. The maximum Gasteiger partial charge on any atom is 0.305 e. The summed E-state index contributed by atoms with van der Waals surface area (Å²) in [5, 5.41) is 28.7. The highest BCUT2D eigenvalue weighted by atomic mass is 16.6. The van der Waals surface area contributed by atoms with Gasteiger partial charge in [0.1, 0.15) is 5.69 Å². The van der Waals surface area contributed by atoms with Crippen LogP contribution in [0.3, 0.4) is 0 Å². The summed E-state index contributed by atoms with van der Waals surface area (Å²) in [7, 11) is 0. The van der Waals surface area contributed by atoms with Crippen molar-refractivity contribution in [2.75, 3.05) is 11.4 Å². The third kappa shape index (κ3) is 3.68. The lowest BCUT2D eigenvalue weighted by molar-refractivity contribution is -0.384. The van der Waals surface area contributed by atoms with Crippen LogP contribution in [-0.4, -0.2) is 28.6 Å². The standard InChI is InChI=1S/C13H15N3O4/c1-9(2)15(6-5-13(17)18)12-7-10(8-14)3-4-11(12)16(19)20/h3-4,7,9H,5-6H2,1-2H3,(H,17,18). The molecule has 0 aliphatic rings. The Balaban J connectivity index is 3.26. The molecule has 0 fully saturated rings. The summed E-state index contributed by atoms with van der Waals surface area (Å²) in [4.78, 5) is 22.8. The molecule has 0 saturated heterocycles. The van der Waals surface area contributed by atoms with E-state index in [9.17, 15) is 14.9 Å². The first-order valence-corrected chi connectivity index (χ1v) is 6.03. The summed E-state index contributed by atoms with van der Waals surface area (Å²) in [5.74, 6) is -0.977. The van der Waals surface area contributed by atoms with Gasteiger partial charge in [0, 0.05) is 18.7 Å². The SMILES string of the molecule is CC(C)N(CCC(=O)O)c1cc(C#N)ccc1[N+](=O)[O-]. The van der Waals surface area contributed by atoms with Crippen LogP contribution in [0.15, 0.2) is 18.2 Å². The van der Waals surface area contributed by atoms with E-state index in [-0.39, 0.29) is 30.4 Å². The molecule has 0 atom stereocenters. The van der Waals surface area contributed by atoms with Gasteiger partial charge in [-0.25, -0.2) is 0 Å². The quantitative estimate of drug-likeness (QED) is 0.630. The number of nitriles is 1. The van der Waals surface area contributed by atoms with Crippen molar-refractivity contribution in [2.45, 2.75) is 26.3 Å². The van der Waals surface area contributed by atoms with Gasteiger partial charge in [0.15, 0.2) is 0 Å². The number of carbonyl (C=O) groups is 1. The number of hydrogen-bond acceptors (Lipinski definition) is 5. The maximum atomic E-state index is 11.1. The van der Waals surface area contributed by atoms with Crippen molar-refractivity contribution in [1.82, 2.24) is 0 Å². The lowest BCUT2D eigenvalue weighted by Gasteiger charge is -2.28. The first-order valence-electron chi connectivity index (χ1n) is 6.03. The second-order valence-electron chi connectivity index (χ2n) is 4.50. The smallest absolute Gasteiger partial charge is 0.305 e. The maximum absolute atomic E-state index is 11.1. The number of nitro benzene ring substituents is 1. The second-order valence-corrected chi connectivity index (χ2v) is 4.50. The normalized spacial score (nSPS) is 10.1. The fourth-order valence-corrected chi connectivity index (χ4v) is 1.85. The molecule has 0 spiro atoms. The van der Waals surface area contributed by atoms with Crippen molar-refractivity contribution >= 4 is 17.3 Å².